The number of aromatic hydroxyl groups is 1. The first-order valence-corrected chi connectivity index (χ1v) is 16.4. The summed E-state index contributed by atoms with van der Waals surface area (Å²) in [6, 6.07) is 19.2. The number of amides is 1. The highest BCUT2D eigenvalue weighted by Gasteiger charge is 2.48. The maximum absolute atomic E-state index is 16.3. The second kappa shape index (κ2) is 11.7. The molecule has 1 aromatic heterocycles. The normalized spacial score (nSPS) is 18.3. The van der Waals surface area contributed by atoms with Crippen LogP contribution in [0.15, 0.2) is 89.5 Å². The Morgan fingerprint density at radius 3 is 2.58 bits per heavy atom. The second-order valence-electron chi connectivity index (χ2n) is 11.7. The van der Waals surface area contributed by atoms with Crippen LogP contribution in [-0.4, -0.2) is 30.2 Å². The lowest BCUT2D eigenvalue weighted by molar-refractivity contribution is 0.0975. The van der Waals surface area contributed by atoms with E-state index in [1.54, 1.807) is 13.8 Å². The monoisotopic (exact) mass is 667 g/mol. The van der Waals surface area contributed by atoms with E-state index in [0.717, 1.165) is 16.5 Å². The molecule has 2 aliphatic heterocycles. The molecular formula is C33H28Cl2FN3O5S. The molecular weight excluding hydrogens is 640 g/mol. The third-order valence-corrected chi connectivity index (χ3v) is 10.5. The van der Waals surface area contributed by atoms with E-state index < -0.39 is 33.0 Å². The van der Waals surface area contributed by atoms with Gasteiger partial charge in [-0.2, -0.15) is 0 Å². The van der Waals surface area contributed by atoms with Crippen molar-refractivity contribution in [3.8, 4) is 11.5 Å². The van der Waals surface area contributed by atoms with Crippen LogP contribution >= 0.6 is 23.2 Å². The smallest absolute Gasteiger partial charge is 0.279 e. The van der Waals surface area contributed by atoms with Crippen molar-refractivity contribution in [1.29, 1.82) is 0 Å². The summed E-state index contributed by atoms with van der Waals surface area (Å²) in [4.78, 5) is 19.5. The van der Waals surface area contributed by atoms with Crippen LogP contribution in [0.2, 0.25) is 10.2 Å². The third kappa shape index (κ3) is 5.97. The maximum atomic E-state index is 16.3. The molecule has 3 aromatic carbocycles. The number of carbonyl (C=O) groups is 1. The van der Waals surface area contributed by atoms with Gasteiger partial charge in [0.15, 0.2) is 9.84 Å². The number of hydrogen-bond acceptors (Lipinski definition) is 7. The summed E-state index contributed by atoms with van der Waals surface area (Å²) in [7, 11) is -4.12. The van der Waals surface area contributed by atoms with Crippen molar-refractivity contribution in [3.63, 3.8) is 0 Å². The van der Waals surface area contributed by atoms with Gasteiger partial charge in [0, 0.05) is 17.3 Å². The molecule has 0 radical (unpaired) electrons. The Balaban J connectivity index is 1.58. The SMILES string of the molecule is CC1(C)CC2=C(C(c3ccc(OCc4ccccc4)cc3F)N(C(=O)c3nc(Cl)ccc3Cl)c3cccc(O)c3N2)S(=O)(=O)C1. The fourth-order valence-electron chi connectivity index (χ4n) is 5.85. The molecule has 0 saturated heterocycles. The molecule has 8 nitrogen and oxygen atoms in total. The average molecular weight is 669 g/mol. The highest BCUT2D eigenvalue weighted by Crippen LogP contribution is 2.52. The van der Waals surface area contributed by atoms with Crippen LogP contribution in [0, 0.1) is 11.2 Å². The van der Waals surface area contributed by atoms with Crippen LogP contribution in [0.25, 0.3) is 0 Å². The molecule has 0 spiro atoms. The van der Waals surface area contributed by atoms with Gasteiger partial charge in [-0.25, -0.2) is 17.8 Å². The van der Waals surface area contributed by atoms with Gasteiger partial charge in [0.05, 0.1) is 21.4 Å². The number of sulfone groups is 1. The zero-order valence-corrected chi connectivity index (χ0v) is 26.5. The second-order valence-corrected chi connectivity index (χ2v) is 14.5. The van der Waals surface area contributed by atoms with Crippen molar-refractivity contribution in [2.45, 2.75) is 32.9 Å². The minimum Gasteiger partial charge on any atom is -0.506 e. The number of nitrogens with zero attached hydrogens (tertiary/aromatic N) is 2. The standard InChI is InChI=1S/C33H28Cl2FN3O5S/c1-33(2)16-24-31(45(42,43)18-33)30(21-12-11-20(15-23(21)36)44-17-19-7-4-3-5-8-19)39(25-9-6-10-26(40)29(25)37-24)32(41)28-22(34)13-14-27(35)38-28/h3-15,30,37,40H,16-18H2,1-2H3. The van der Waals surface area contributed by atoms with E-state index in [1.165, 1.54) is 42.5 Å². The van der Waals surface area contributed by atoms with Crippen LogP contribution in [0.1, 0.15) is 47.9 Å². The predicted molar refractivity (Wildman–Crippen MR) is 172 cm³/mol. The first-order valence-electron chi connectivity index (χ1n) is 14.0. The Morgan fingerprint density at radius 2 is 1.84 bits per heavy atom. The average Bonchev–Trinajstić information content (AvgIpc) is 3.12. The number of phenolic OH excluding ortho intramolecular Hbond substituents is 1. The number of hydrogen-bond donors (Lipinski definition) is 2. The Labute approximate surface area is 270 Å². The Bertz CT molecular complexity index is 1970. The molecule has 3 heterocycles. The van der Waals surface area contributed by atoms with Crippen LogP contribution < -0.4 is 15.0 Å². The maximum Gasteiger partial charge on any atom is 0.279 e. The molecule has 0 aliphatic carbocycles. The van der Waals surface area contributed by atoms with E-state index in [0.29, 0.717) is 0 Å². The third-order valence-electron chi connectivity index (χ3n) is 7.68. The molecule has 12 heteroatoms. The van der Waals surface area contributed by atoms with Crippen molar-refractivity contribution in [2.24, 2.45) is 5.41 Å². The number of rotatable bonds is 5. The van der Waals surface area contributed by atoms with E-state index in [-0.39, 0.29) is 73.7 Å². The summed E-state index contributed by atoms with van der Waals surface area (Å²) in [6.07, 6.45) is 0.240. The molecule has 4 aromatic rings. The van der Waals surface area contributed by atoms with Crippen LogP contribution in [0.3, 0.4) is 0 Å². The molecule has 45 heavy (non-hydrogen) atoms. The number of pyridine rings is 1. The Hall–Kier alpha value is -4.12. The molecule has 6 rings (SSSR count). The van der Waals surface area contributed by atoms with Crippen molar-refractivity contribution in [2.75, 3.05) is 16.0 Å². The molecule has 0 bridgehead atoms. The van der Waals surface area contributed by atoms with Crippen molar-refractivity contribution >= 4 is 50.3 Å². The van der Waals surface area contributed by atoms with Crippen molar-refractivity contribution < 1.29 is 27.4 Å². The van der Waals surface area contributed by atoms with Gasteiger partial charge in [-0.1, -0.05) is 73.4 Å². The van der Waals surface area contributed by atoms with Crippen LogP contribution in [0.4, 0.5) is 15.8 Å². The van der Waals surface area contributed by atoms with E-state index in [9.17, 15) is 18.3 Å². The topological polar surface area (TPSA) is 109 Å². The van der Waals surface area contributed by atoms with E-state index in [4.69, 9.17) is 27.9 Å². The lowest BCUT2D eigenvalue weighted by Crippen LogP contribution is -2.41. The number of carbonyl (C=O) groups excluding carboxylic acids is 1. The quantitative estimate of drug-likeness (QED) is 0.166. The summed E-state index contributed by atoms with van der Waals surface area (Å²) in [6.45, 7) is 3.79. The van der Waals surface area contributed by atoms with Gasteiger partial charge in [-0.15, -0.1) is 0 Å². The van der Waals surface area contributed by atoms with Crippen LogP contribution in [0.5, 0.6) is 11.5 Å². The molecule has 0 fully saturated rings. The number of ether oxygens (including phenoxy) is 1. The summed E-state index contributed by atoms with van der Waals surface area (Å²) >= 11 is 12.6. The zero-order valence-electron chi connectivity index (χ0n) is 24.2. The number of fused-ring (bicyclic) bond motifs is 1. The fraction of sp³-hybridized carbons (Fsp3) is 0.212. The van der Waals surface area contributed by atoms with Gasteiger partial charge >= 0.3 is 0 Å². The molecule has 232 valence electrons. The first kappa shape index (κ1) is 30.9. The number of allylic oxidation sites excluding steroid dienone is 1. The lowest BCUT2D eigenvalue weighted by atomic mass is 9.88. The summed E-state index contributed by atoms with van der Waals surface area (Å²) in [5, 5.41) is 14.0. The summed E-state index contributed by atoms with van der Waals surface area (Å²) in [5.74, 6) is -1.93. The number of nitrogens with one attached hydrogen (secondary N) is 1. The zero-order chi connectivity index (χ0) is 32.1. The Kier molecular flexibility index (Phi) is 8.01. The highest BCUT2D eigenvalue weighted by atomic mass is 35.5. The number of aromatic nitrogens is 1. The van der Waals surface area contributed by atoms with Gasteiger partial charge in [0.1, 0.15) is 46.5 Å². The van der Waals surface area contributed by atoms with Gasteiger partial charge in [-0.3, -0.25) is 9.69 Å². The number of phenols is 1. The fourth-order valence-corrected chi connectivity index (χ4v) is 8.54. The van der Waals surface area contributed by atoms with Crippen molar-refractivity contribution in [1.82, 2.24) is 4.98 Å². The number of para-hydroxylation sites is 1. The van der Waals surface area contributed by atoms with Gasteiger partial charge in [0.2, 0.25) is 0 Å². The Morgan fingerprint density at radius 1 is 1.09 bits per heavy atom. The minimum absolute atomic E-state index is 0.0265. The summed E-state index contributed by atoms with van der Waals surface area (Å²) in [5.41, 5.74) is 0.199. The number of benzene rings is 3. The van der Waals surface area contributed by atoms with E-state index >= 15 is 4.39 Å². The van der Waals surface area contributed by atoms with Crippen molar-refractivity contribution in [3.05, 3.63) is 122 Å². The lowest BCUT2D eigenvalue weighted by Gasteiger charge is -2.37. The molecule has 1 amide bonds. The molecule has 1 atom stereocenters. The largest absolute Gasteiger partial charge is 0.506 e. The van der Waals surface area contributed by atoms with Gasteiger partial charge in [0.25, 0.3) is 5.91 Å². The number of halogens is 3. The molecule has 1 unspecified atom stereocenters. The van der Waals surface area contributed by atoms with E-state index in [2.05, 4.69) is 10.3 Å². The minimum atomic E-state index is -4.12. The van der Waals surface area contributed by atoms with Gasteiger partial charge in [-0.05, 0) is 53.8 Å². The van der Waals surface area contributed by atoms with Crippen LogP contribution in [-0.2, 0) is 16.4 Å². The number of anilines is 2. The first-order chi connectivity index (χ1) is 21.3. The molecule has 2 aliphatic rings. The summed E-state index contributed by atoms with van der Waals surface area (Å²) < 4.78 is 50.5. The van der Waals surface area contributed by atoms with E-state index in [1.807, 2.05) is 30.3 Å². The molecule has 0 saturated carbocycles. The highest BCUT2D eigenvalue weighted by molar-refractivity contribution is 7.95. The van der Waals surface area contributed by atoms with Gasteiger partial charge < -0.3 is 15.2 Å². The molecule has 2 N–H and O–H groups in total. The predicted octanol–water partition coefficient (Wildman–Crippen LogP) is 7.68.